The Labute approximate surface area is 199 Å². The van der Waals surface area contributed by atoms with E-state index in [4.69, 9.17) is 23.2 Å². The van der Waals surface area contributed by atoms with Crippen LogP contribution in [0.15, 0.2) is 60.7 Å². The van der Waals surface area contributed by atoms with Crippen molar-refractivity contribution in [2.45, 2.75) is 24.5 Å². The SMILES string of the molecule is O=C1C2C3C[C@H](CN3C(=O)Nc3cc(Cl)cc(Cl)c3)N2C(=O)N1c1cccc2ccccc12. The van der Waals surface area contributed by atoms with Crippen LogP contribution >= 0.6 is 23.2 Å². The Balaban J connectivity index is 1.29. The Bertz CT molecular complexity index is 1320. The summed E-state index contributed by atoms with van der Waals surface area (Å²) in [6, 6.07) is 16.1. The third kappa shape index (κ3) is 3.07. The van der Waals surface area contributed by atoms with Crippen molar-refractivity contribution < 1.29 is 14.4 Å². The molecule has 3 aromatic carbocycles. The molecule has 3 fully saturated rings. The Morgan fingerprint density at radius 3 is 2.48 bits per heavy atom. The van der Waals surface area contributed by atoms with Crippen LogP contribution in [-0.4, -0.2) is 52.4 Å². The maximum absolute atomic E-state index is 13.5. The minimum absolute atomic E-state index is 0.204. The van der Waals surface area contributed by atoms with Gasteiger partial charge in [-0.25, -0.2) is 14.5 Å². The monoisotopic (exact) mass is 480 g/mol. The van der Waals surface area contributed by atoms with E-state index < -0.39 is 6.04 Å². The lowest BCUT2D eigenvalue weighted by atomic mass is 10.1. The lowest BCUT2D eigenvalue weighted by Crippen LogP contribution is -2.55. The third-order valence-electron chi connectivity index (χ3n) is 6.65. The number of hydrogen-bond donors (Lipinski definition) is 1. The fraction of sp³-hybridized carbons (Fsp3) is 0.208. The van der Waals surface area contributed by atoms with E-state index in [1.165, 1.54) is 4.90 Å². The van der Waals surface area contributed by atoms with Gasteiger partial charge < -0.3 is 15.1 Å². The second-order valence-electron chi connectivity index (χ2n) is 8.50. The van der Waals surface area contributed by atoms with Crippen molar-refractivity contribution in [3.05, 3.63) is 70.7 Å². The quantitative estimate of drug-likeness (QED) is 0.526. The second-order valence-corrected chi connectivity index (χ2v) is 9.38. The van der Waals surface area contributed by atoms with Gasteiger partial charge in [0.05, 0.1) is 17.8 Å². The summed E-state index contributed by atoms with van der Waals surface area (Å²) in [5, 5.41) is 5.42. The Morgan fingerprint density at radius 1 is 0.970 bits per heavy atom. The van der Waals surface area contributed by atoms with Gasteiger partial charge in [0, 0.05) is 27.7 Å². The third-order valence-corrected chi connectivity index (χ3v) is 7.08. The van der Waals surface area contributed by atoms with E-state index in [9.17, 15) is 14.4 Å². The second kappa shape index (κ2) is 7.37. The van der Waals surface area contributed by atoms with Gasteiger partial charge in [-0.15, -0.1) is 0 Å². The Hall–Kier alpha value is -3.29. The summed E-state index contributed by atoms with van der Waals surface area (Å²) < 4.78 is 0. The van der Waals surface area contributed by atoms with E-state index in [0.717, 1.165) is 10.8 Å². The number of nitrogens with zero attached hydrogens (tertiary/aromatic N) is 3. The van der Waals surface area contributed by atoms with Gasteiger partial charge in [-0.3, -0.25) is 4.79 Å². The smallest absolute Gasteiger partial charge is 0.317 e. The molecule has 3 heterocycles. The molecule has 3 saturated heterocycles. The number of fused-ring (bicyclic) bond motifs is 6. The summed E-state index contributed by atoms with van der Waals surface area (Å²) in [5.74, 6) is -0.299. The molecule has 33 heavy (non-hydrogen) atoms. The molecule has 3 aromatic rings. The summed E-state index contributed by atoms with van der Waals surface area (Å²) >= 11 is 12.1. The highest BCUT2D eigenvalue weighted by Crippen LogP contribution is 2.43. The van der Waals surface area contributed by atoms with Gasteiger partial charge in [0.25, 0.3) is 5.91 Å². The van der Waals surface area contributed by atoms with Gasteiger partial charge in [-0.05, 0) is 36.1 Å². The molecule has 9 heteroatoms. The van der Waals surface area contributed by atoms with Crippen molar-refractivity contribution >= 4 is 63.3 Å². The number of urea groups is 2. The average Bonchev–Trinajstić information content (AvgIpc) is 3.44. The molecular formula is C24H18Cl2N4O3. The van der Waals surface area contributed by atoms with Crippen LogP contribution in [0.4, 0.5) is 21.0 Å². The first kappa shape index (κ1) is 20.3. The zero-order valence-electron chi connectivity index (χ0n) is 17.2. The van der Waals surface area contributed by atoms with Crippen LogP contribution in [-0.2, 0) is 4.79 Å². The maximum atomic E-state index is 13.5. The van der Waals surface area contributed by atoms with Gasteiger partial charge in [0.2, 0.25) is 0 Å². The zero-order valence-corrected chi connectivity index (χ0v) is 18.8. The summed E-state index contributed by atoms with van der Waals surface area (Å²) in [6.45, 7) is 0.365. The highest BCUT2D eigenvalue weighted by Gasteiger charge is 2.63. The molecule has 5 amide bonds. The fourth-order valence-electron chi connectivity index (χ4n) is 5.34. The summed E-state index contributed by atoms with van der Waals surface area (Å²) in [7, 11) is 0. The van der Waals surface area contributed by atoms with Crippen LogP contribution in [0.3, 0.4) is 0 Å². The molecule has 3 aliphatic rings. The van der Waals surface area contributed by atoms with Crippen LogP contribution in [0.5, 0.6) is 0 Å². The highest BCUT2D eigenvalue weighted by atomic mass is 35.5. The number of likely N-dealkylation sites (tertiary alicyclic amines) is 1. The first-order valence-corrected chi connectivity index (χ1v) is 11.4. The molecule has 1 N–H and O–H groups in total. The number of piperazine rings is 1. The molecule has 0 aliphatic carbocycles. The molecular weight excluding hydrogens is 463 g/mol. The van der Waals surface area contributed by atoms with Crippen molar-refractivity contribution in [3.63, 3.8) is 0 Å². The fourth-order valence-corrected chi connectivity index (χ4v) is 5.86. The highest BCUT2D eigenvalue weighted by molar-refractivity contribution is 6.35. The van der Waals surface area contributed by atoms with Crippen molar-refractivity contribution in [3.8, 4) is 0 Å². The van der Waals surface area contributed by atoms with E-state index in [0.29, 0.717) is 34.4 Å². The number of nitrogens with one attached hydrogen (secondary N) is 1. The van der Waals surface area contributed by atoms with Gasteiger partial charge in [0.1, 0.15) is 6.04 Å². The van der Waals surface area contributed by atoms with Crippen molar-refractivity contribution in [1.82, 2.24) is 9.80 Å². The van der Waals surface area contributed by atoms with Crippen molar-refractivity contribution in [2.24, 2.45) is 0 Å². The van der Waals surface area contributed by atoms with Crippen molar-refractivity contribution in [2.75, 3.05) is 16.8 Å². The normalized spacial score (nSPS) is 23.6. The maximum Gasteiger partial charge on any atom is 0.332 e. The Morgan fingerprint density at radius 2 is 1.70 bits per heavy atom. The van der Waals surface area contributed by atoms with Gasteiger partial charge in [-0.1, -0.05) is 59.6 Å². The predicted molar refractivity (Wildman–Crippen MR) is 127 cm³/mol. The standard InChI is InChI=1S/C24H18Cl2N4O3/c25-14-8-15(26)10-16(9-14)27-23(32)28-12-17-11-20(28)21-22(31)30(24(33)29(17)21)19-7-3-5-13-4-1-2-6-18(13)19/h1-10,17,20-21H,11-12H2,(H,27,32)/t17-,20?,21?/m1/s1. The molecule has 6 rings (SSSR count). The Kier molecular flexibility index (Phi) is 4.54. The van der Waals surface area contributed by atoms with Gasteiger partial charge in [-0.2, -0.15) is 0 Å². The minimum Gasteiger partial charge on any atom is -0.317 e. The minimum atomic E-state index is -0.691. The number of carbonyl (C=O) groups is 3. The number of hydrogen-bond acceptors (Lipinski definition) is 3. The molecule has 3 aliphatic heterocycles. The van der Waals surface area contributed by atoms with E-state index in [-0.39, 0.29) is 30.1 Å². The van der Waals surface area contributed by atoms with Gasteiger partial charge >= 0.3 is 12.1 Å². The van der Waals surface area contributed by atoms with E-state index in [1.54, 1.807) is 34.1 Å². The van der Waals surface area contributed by atoms with E-state index in [2.05, 4.69) is 5.32 Å². The summed E-state index contributed by atoms with van der Waals surface area (Å²) in [6.07, 6.45) is 0.579. The molecule has 0 spiro atoms. The molecule has 0 saturated carbocycles. The largest absolute Gasteiger partial charge is 0.332 e. The zero-order chi connectivity index (χ0) is 22.9. The molecule has 2 bridgehead atoms. The molecule has 2 unspecified atom stereocenters. The van der Waals surface area contributed by atoms with Crippen LogP contribution in [0.25, 0.3) is 10.8 Å². The molecule has 0 aromatic heterocycles. The number of benzene rings is 3. The first-order chi connectivity index (χ1) is 15.9. The van der Waals surface area contributed by atoms with Crippen LogP contribution in [0.1, 0.15) is 6.42 Å². The van der Waals surface area contributed by atoms with E-state index >= 15 is 0 Å². The number of carbonyl (C=O) groups excluding carboxylic acids is 3. The molecule has 0 radical (unpaired) electrons. The van der Waals surface area contributed by atoms with Crippen LogP contribution in [0, 0.1) is 0 Å². The number of halogens is 2. The number of imide groups is 1. The van der Waals surface area contributed by atoms with E-state index in [1.807, 2.05) is 36.4 Å². The molecule has 166 valence electrons. The lowest BCUT2D eigenvalue weighted by molar-refractivity contribution is -0.120. The summed E-state index contributed by atoms with van der Waals surface area (Å²) in [4.78, 5) is 44.5. The van der Waals surface area contributed by atoms with Gasteiger partial charge in [0.15, 0.2) is 0 Å². The molecule has 3 atom stereocenters. The summed E-state index contributed by atoms with van der Waals surface area (Å²) in [5.41, 5.74) is 1.05. The van der Waals surface area contributed by atoms with Crippen molar-refractivity contribution in [1.29, 1.82) is 0 Å². The number of anilines is 2. The molecule has 7 nitrogen and oxygen atoms in total. The first-order valence-electron chi connectivity index (χ1n) is 10.6. The lowest BCUT2D eigenvalue weighted by Gasteiger charge is -2.34. The topological polar surface area (TPSA) is 73.0 Å². The van der Waals surface area contributed by atoms with Crippen LogP contribution in [0.2, 0.25) is 10.0 Å². The average molecular weight is 481 g/mol. The number of rotatable bonds is 2. The predicted octanol–water partition coefficient (Wildman–Crippen LogP) is 4.97. The number of amides is 5. The van der Waals surface area contributed by atoms with Crippen LogP contribution < -0.4 is 10.2 Å².